The molecule has 2 saturated carbocycles. The van der Waals surface area contributed by atoms with Crippen molar-refractivity contribution in [2.45, 2.75) is 57.1 Å². The third-order valence-corrected chi connectivity index (χ3v) is 6.09. The number of ether oxygens (including phenoxy) is 1. The highest BCUT2D eigenvalue weighted by Crippen LogP contribution is 2.60. The summed E-state index contributed by atoms with van der Waals surface area (Å²) in [5, 5.41) is 9.38. The summed E-state index contributed by atoms with van der Waals surface area (Å²) in [5.74, 6) is -7.72. The molecule has 3 rings (SSSR count). The summed E-state index contributed by atoms with van der Waals surface area (Å²) >= 11 is 0. The minimum absolute atomic E-state index is 0.112. The predicted molar refractivity (Wildman–Crippen MR) is 63.5 cm³/mol. The van der Waals surface area contributed by atoms with Crippen molar-refractivity contribution in [3.05, 3.63) is 0 Å². The molecule has 1 aliphatic heterocycles. The van der Waals surface area contributed by atoms with Crippen LogP contribution in [0.15, 0.2) is 0 Å². The van der Waals surface area contributed by atoms with E-state index in [1.165, 1.54) is 0 Å². The quantitative estimate of drug-likeness (QED) is 0.750. The molecular weight excluding hydrogens is 295 g/mol. The zero-order valence-electron chi connectivity index (χ0n) is 11.8. The molecule has 7 heteroatoms. The summed E-state index contributed by atoms with van der Waals surface area (Å²) in [5.41, 5.74) is 0. The summed E-state index contributed by atoms with van der Waals surface area (Å²) in [6.07, 6.45) is -6.30. The monoisotopic (exact) mass is 314 g/mol. The first kappa shape index (κ1) is 15.5. The smallest absolute Gasteiger partial charge is 0.354 e. The fraction of sp³-hybridized carbons (Fsp3) is 1.00. The first-order chi connectivity index (χ1) is 9.48. The summed E-state index contributed by atoms with van der Waals surface area (Å²) < 4.78 is 70.3. The van der Waals surface area contributed by atoms with Gasteiger partial charge >= 0.3 is 17.9 Å². The van der Waals surface area contributed by atoms with Gasteiger partial charge in [0.15, 0.2) is 0 Å². The summed E-state index contributed by atoms with van der Waals surface area (Å²) in [4.78, 5) is 0. The average molecular weight is 314 g/mol. The molecule has 7 atom stereocenters. The van der Waals surface area contributed by atoms with Gasteiger partial charge in [0.1, 0.15) is 0 Å². The summed E-state index contributed by atoms with van der Waals surface area (Å²) in [6, 6.07) is 0. The van der Waals surface area contributed by atoms with E-state index in [1.807, 2.05) is 6.92 Å². The minimum Gasteiger partial charge on any atom is -0.354 e. The molecule has 7 unspecified atom stereocenters. The number of halogens is 5. The zero-order valence-corrected chi connectivity index (χ0v) is 11.8. The lowest BCUT2D eigenvalue weighted by molar-refractivity contribution is -0.408. The maximum atomic E-state index is 13.7. The highest BCUT2D eigenvalue weighted by atomic mass is 19.4. The second kappa shape index (κ2) is 4.31. The molecule has 0 aromatic rings. The zero-order chi connectivity index (χ0) is 15.8. The molecule has 0 spiro atoms. The second-order valence-corrected chi connectivity index (χ2v) is 6.98. The lowest BCUT2D eigenvalue weighted by Crippen LogP contribution is -2.56. The van der Waals surface area contributed by atoms with Gasteiger partial charge in [0.2, 0.25) is 0 Å². The number of rotatable bonds is 1. The van der Waals surface area contributed by atoms with Crippen molar-refractivity contribution in [2.75, 3.05) is 0 Å². The van der Waals surface area contributed by atoms with Crippen LogP contribution in [0.25, 0.3) is 0 Å². The van der Waals surface area contributed by atoms with Gasteiger partial charge in [-0.15, -0.1) is 0 Å². The van der Waals surface area contributed by atoms with Gasteiger partial charge in [-0.3, -0.25) is 0 Å². The molecular formula is C14H19F5O2. The number of hydrogen-bond acceptors (Lipinski definition) is 2. The predicted octanol–water partition coefficient (Wildman–Crippen LogP) is 3.59. The van der Waals surface area contributed by atoms with Gasteiger partial charge in [-0.05, 0) is 42.4 Å². The van der Waals surface area contributed by atoms with Crippen LogP contribution in [0.1, 0.15) is 33.1 Å². The van der Waals surface area contributed by atoms with Gasteiger partial charge in [-0.2, -0.15) is 13.2 Å². The average Bonchev–Trinajstić information content (AvgIpc) is 2.94. The van der Waals surface area contributed by atoms with E-state index in [-0.39, 0.29) is 11.8 Å². The van der Waals surface area contributed by atoms with Crippen LogP contribution in [-0.2, 0) is 4.74 Å². The lowest BCUT2D eigenvalue weighted by Gasteiger charge is -2.35. The molecule has 122 valence electrons. The molecule has 3 fully saturated rings. The molecule has 21 heavy (non-hydrogen) atoms. The van der Waals surface area contributed by atoms with E-state index in [0.29, 0.717) is 24.2 Å². The van der Waals surface area contributed by atoms with Gasteiger partial charge in [0.05, 0.1) is 6.10 Å². The van der Waals surface area contributed by atoms with Crippen LogP contribution >= 0.6 is 0 Å². The van der Waals surface area contributed by atoms with E-state index in [9.17, 15) is 27.1 Å². The number of fused-ring (bicyclic) bond motifs is 2. The molecule has 2 aliphatic carbocycles. The summed E-state index contributed by atoms with van der Waals surface area (Å²) in [7, 11) is 0. The van der Waals surface area contributed by atoms with Crippen LogP contribution in [0.5, 0.6) is 0 Å². The molecule has 1 N–H and O–H groups in total. The van der Waals surface area contributed by atoms with Crippen molar-refractivity contribution in [1.29, 1.82) is 0 Å². The molecule has 3 aliphatic rings. The third-order valence-electron chi connectivity index (χ3n) is 6.09. The largest absolute Gasteiger partial charge is 0.449 e. The molecule has 2 bridgehead atoms. The van der Waals surface area contributed by atoms with Crippen molar-refractivity contribution >= 4 is 0 Å². The molecule has 1 saturated heterocycles. The Morgan fingerprint density at radius 1 is 1.05 bits per heavy atom. The molecule has 0 aromatic carbocycles. The van der Waals surface area contributed by atoms with E-state index in [4.69, 9.17) is 0 Å². The first-order valence-corrected chi connectivity index (χ1v) is 7.32. The van der Waals surface area contributed by atoms with Crippen molar-refractivity contribution < 1.29 is 31.8 Å². The normalized spacial score (nSPS) is 52.6. The fourth-order valence-corrected chi connectivity index (χ4v) is 4.68. The number of hydrogen-bond donors (Lipinski definition) is 1. The highest BCUT2D eigenvalue weighted by Gasteiger charge is 2.76. The van der Waals surface area contributed by atoms with Crippen molar-refractivity contribution in [3.63, 3.8) is 0 Å². The maximum Gasteiger partial charge on any atom is 0.449 e. The van der Waals surface area contributed by atoms with Crippen LogP contribution in [0.2, 0.25) is 0 Å². The SMILES string of the molecule is CC1C2CC(C3CC(F)(F)C(O)(C(F)(F)F)O3)C(C2)C1C. The first-order valence-electron chi connectivity index (χ1n) is 7.32. The van der Waals surface area contributed by atoms with Crippen LogP contribution in [0.3, 0.4) is 0 Å². The third kappa shape index (κ3) is 1.96. The van der Waals surface area contributed by atoms with Crippen LogP contribution in [0.4, 0.5) is 22.0 Å². The van der Waals surface area contributed by atoms with Gasteiger partial charge in [0, 0.05) is 6.42 Å². The Morgan fingerprint density at radius 3 is 2.05 bits per heavy atom. The van der Waals surface area contributed by atoms with Gasteiger partial charge < -0.3 is 9.84 Å². The fourth-order valence-electron chi connectivity index (χ4n) is 4.68. The Morgan fingerprint density at radius 2 is 1.62 bits per heavy atom. The lowest BCUT2D eigenvalue weighted by atomic mass is 9.73. The summed E-state index contributed by atoms with van der Waals surface area (Å²) in [6.45, 7) is 4.12. The Hall–Kier alpha value is -0.430. The van der Waals surface area contributed by atoms with Crippen molar-refractivity contribution in [3.8, 4) is 0 Å². The van der Waals surface area contributed by atoms with E-state index in [2.05, 4.69) is 11.7 Å². The minimum atomic E-state index is -5.50. The molecule has 0 amide bonds. The van der Waals surface area contributed by atoms with Crippen LogP contribution in [-0.4, -0.2) is 29.1 Å². The van der Waals surface area contributed by atoms with E-state index in [0.717, 1.165) is 6.42 Å². The number of alkyl halides is 5. The Balaban J connectivity index is 1.82. The van der Waals surface area contributed by atoms with E-state index in [1.54, 1.807) is 0 Å². The highest BCUT2D eigenvalue weighted by molar-refractivity contribution is 5.06. The Kier molecular flexibility index (Phi) is 3.17. The second-order valence-electron chi connectivity index (χ2n) is 6.98. The van der Waals surface area contributed by atoms with E-state index < -0.39 is 30.4 Å². The molecule has 2 nitrogen and oxygen atoms in total. The van der Waals surface area contributed by atoms with Crippen molar-refractivity contribution in [1.82, 2.24) is 0 Å². The van der Waals surface area contributed by atoms with E-state index >= 15 is 0 Å². The maximum absolute atomic E-state index is 13.7. The van der Waals surface area contributed by atoms with Gasteiger partial charge in [-0.1, -0.05) is 13.8 Å². The van der Waals surface area contributed by atoms with Crippen LogP contribution in [0, 0.1) is 29.6 Å². The molecule has 1 heterocycles. The Bertz CT molecular complexity index is 436. The topological polar surface area (TPSA) is 29.5 Å². The van der Waals surface area contributed by atoms with Gasteiger partial charge in [0.25, 0.3) is 0 Å². The van der Waals surface area contributed by atoms with Crippen molar-refractivity contribution in [2.24, 2.45) is 29.6 Å². The Labute approximate surface area is 119 Å². The van der Waals surface area contributed by atoms with Crippen LogP contribution < -0.4 is 0 Å². The standard InChI is InChI=1S/C14H19F5O2/c1-6-7(2)9-3-8(6)4-10(9)11-5-12(15,16)13(20,21-11)14(17,18)19/h6-11,20H,3-5H2,1-2H3. The number of aliphatic hydroxyl groups is 1. The molecule has 0 aromatic heterocycles. The van der Waals surface area contributed by atoms with Gasteiger partial charge in [-0.25, -0.2) is 8.78 Å². The molecule has 0 radical (unpaired) electrons.